The van der Waals surface area contributed by atoms with Crippen LogP contribution in [0.4, 0.5) is 0 Å². The molecule has 28 heavy (non-hydrogen) atoms. The molecule has 7 heteroatoms. The summed E-state index contributed by atoms with van der Waals surface area (Å²) < 4.78 is 0.998. The molecule has 0 radical (unpaired) electrons. The van der Waals surface area contributed by atoms with Crippen LogP contribution in [0, 0.1) is 14.9 Å². The zero-order valence-corrected chi connectivity index (χ0v) is 18.0. The number of halogens is 2. The smallest absolute Gasteiger partial charge is 0.259 e. The summed E-state index contributed by atoms with van der Waals surface area (Å²) >= 11 is 9.52. The number of aromatic nitrogens is 1. The number of carbonyl (C=O) groups excluding carboxylic acids is 1. The number of nitrogens with two attached hydrogens (primary N) is 1. The number of nitriles is 1. The summed E-state index contributed by atoms with van der Waals surface area (Å²) in [6, 6.07) is 17.3. The molecule has 136 valence electrons. The molecular formula is C21H11ClIN3OS. The number of thiophene rings is 1. The van der Waals surface area contributed by atoms with Gasteiger partial charge < -0.3 is 5.73 Å². The second kappa shape index (κ2) is 7.51. The Morgan fingerprint density at radius 2 is 1.86 bits per heavy atom. The maximum absolute atomic E-state index is 12.2. The number of amides is 1. The van der Waals surface area contributed by atoms with Crippen LogP contribution < -0.4 is 5.73 Å². The van der Waals surface area contributed by atoms with E-state index < -0.39 is 5.91 Å². The second-order valence-corrected chi connectivity index (χ2v) is 8.59. The number of pyridine rings is 1. The highest BCUT2D eigenvalue weighted by Crippen LogP contribution is 2.45. The van der Waals surface area contributed by atoms with Gasteiger partial charge in [0.15, 0.2) is 0 Å². The maximum atomic E-state index is 12.2. The molecule has 0 atom stereocenters. The fraction of sp³-hybridized carbons (Fsp3) is 0. The zero-order valence-electron chi connectivity index (χ0n) is 14.2. The fourth-order valence-electron chi connectivity index (χ4n) is 3.16. The monoisotopic (exact) mass is 515 g/mol. The molecule has 4 rings (SSSR count). The first-order chi connectivity index (χ1) is 13.5. The van der Waals surface area contributed by atoms with Gasteiger partial charge in [0.2, 0.25) is 0 Å². The Bertz CT molecular complexity index is 1280. The summed E-state index contributed by atoms with van der Waals surface area (Å²) in [7, 11) is 0. The number of nitrogens with zero attached hydrogens (tertiary/aromatic N) is 2. The van der Waals surface area contributed by atoms with Crippen LogP contribution in [0.5, 0.6) is 0 Å². The first-order valence-corrected chi connectivity index (χ1v) is 10.4. The Kier molecular flexibility index (Phi) is 5.06. The van der Waals surface area contributed by atoms with Crippen LogP contribution in [-0.4, -0.2) is 10.9 Å². The average molecular weight is 516 g/mol. The van der Waals surface area contributed by atoms with E-state index in [0.29, 0.717) is 25.9 Å². The first kappa shape index (κ1) is 18.9. The van der Waals surface area contributed by atoms with Gasteiger partial charge in [0.05, 0.1) is 5.56 Å². The molecule has 0 aliphatic rings. The van der Waals surface area contributed by atoms with Gasteiger partial charge in [0, 0.05) is 31.3 Å². The van der Waals surface area contributed by atoms with Crippen molar-refractivity contribution in [3.8, 4) is 28.3 Å². The minimum absolute atomic E-state index is 0.409. The quantitative estimate of drug-likeness (QED) is 0.347. The van der Waals surface area contributed by atoms with Crippen molar-refractivity contribution in [3.63, 3.8) is 0 Å². The normalized spacial score (nSPS) is 10.8. The third-order valence-corrected chi connectivity index (χ3v) is 6.65. The van der Waals surface area contributed by atoms with Gasteiger partial charge in [0.25, 0.3) is 5.91 Å². The predicted octanol–water partition coefficient (Wildman–Crippen LogP) is 5.86. The molecule has 4 nitrogen and oxygen atoms in total. The number of rotatable bonds is 3. The second-order valence-electron chi connectivity index (χ2n) is 6.00. The Labute approximate surface area is 183 Å². The molecule has 0 saturated carbocycles. The highest BCUT2D eigenvalue weighted by atomic mass is 127. The number of primary amides is 1. The number of fused-ring (bicyclic) bond motifs is 1. The van der Waals surface area contributed by atoms with E-state index in [9.17, 15) is 10.1 Å². The van der Waals surface area contributed by atoms with Gasteiger partial charge in [0.1, 0.15) is 15.8 Å². The molecule has 2 heterocycles. The SMILES string of the molecule is N#Cc1cnc2sc(C(N)=O)c(-c3ccc(Cl)cc3)c2c1-c1ccccc1I. The van der Waals surface area contributed by atoms with Crippen molar-refractivity contribution in [2.45, 2.75) is 0 Å². The minimum atomic E-state index is -0.528. The topological polar surface area (TPSA) is 79.8 Å². The number of carbonyl (C=O) groups is 1. The van der Waals surface area contributed by atoms with E-state index >= 15 is 0 Å². The van der Waals surface area contributed by atoms with Crippen LogP contribution in [0.25, 0.3) is 32.5 Å². The minimum Gasteiger partial charge on any atom is -0.365 e. The van der Waals surface area contributed by atoms with Gasteiger partial charge in [-0.3, -0.25) is 4.79 Å². The van der Waals surface area contributed by atoms with Crippen molar-refractivity contribution >= 4 is 61.7 Å². The Morgan fingerprint density at radius 1 is 1.14 bits per heavy atom. The predicted molar refractivity (Wildman–Crippen MR) is 121 cm³/mol. The summed E-state index contributed by atoms with van der Waals surface area (Å²) in [6.07, 6.45) is 1.55. The molecule has 4 aromatic rings. The Hall–Kier alpha value is -2.47. The third kappa shape index (κ3) is 3.15. The number of benzene rings is 2. The molecule has 0 fully saturated rings. The lowest BCUT2D eigenvalue weighted by Crippen LogP contribution is -2.09. The van der Waals surface area contributed by atoms with E-state index in [1.165, 1.54) is 11.3 Å². The number of hydrogen-bond donors (Lipinski definition) is 1. The standard InChI is InChI=1S/C21H11ClIN3OS/c22-13-7-5-11(6-8-13)17-18-16(14-3-1-2-4-15(14)23)12(9-24)10-26-21(18)28-19(17)20(25)27/h1-8,10H,(H2,25,27). The van der Waals surface area contributed by atoms with E-state index in [0.717, 1.165) is 25.6 Å². The number of hydrogen-bond acceptors (Lipinski definition) is 4. The van der Waals surface area contributed by atoms with Crippen molar-refractivity contribution in [1.29, 1.82) is 5.26 Å². The molecule has 0 spiro atoms. The van der Waals surface area contributed by atoms with Crippen LogP contribution in [-0.2, 0) is 0 Å². The van der Waals surface area contributed by atoms with Crippen LogP contribution in [0.15, 0.2) is 54.7 Å². The summed E-state index contributed by atoms with van der Waals surface area (Å²) in [6.45, 7) is 0. The van der Waals surface area contributed by atoms with Crippen LogP contribution in [0.1, 0.15) is 15.2 Å². The fourth-order valence-corrected chi connectivity index (χ4v) is 4.97. The Morgan fingerprint density at radius 3 is 2.50 bits per heavy atom. The largest absolute Gasteiger partial charge is 0.365 e. The molecule has 2 N–H and O–H groups in total. The maximum Gasteiger partial charge on any atom is 0.259 e. The van der Waals surface area contributed by atoms with E-state index in [1.807, 2.05) is 36.4 Å². The van der Waals surface area contributed by atoms with Crippen molar-refractivity contribution in [3.05, 3.63) is 73.8 Å². The molecule has 2 aromatic carbocycles. The highest BCUT2D eigenvalue weighted by molar-refractivity contribution is 14.1. The molecule has 0 aliphatic carbocycles. The first-order valence-electron chi connectivity index (χ1n) is 8.17. The lowest BCUT2D eigenvalue weighted by atomic mass is 9.93. The van der Waals surface area contributed by atoms with Crippen molar-refractivity contribution in [2.75, 3.05) is 0 Å². The molecule has 0 saturated heterocycles. The van der Waals surface area contributed by atoms with Crippen LogP contribution in [0.3, 0.4) is 0 Å². The highest BCUT2D eigenvalue weighted by Gasteiger charge is 2.24. The average Bonchev–Trinajstić information content (AvgIpc) is 3.08. The molecule has 1 amide bonds. The lowest BCUT2D eigenvalue weighted by molar-refractivity contribution is 0.100. The van der Waals surface area contributed by atoms with Crippen LogP contribution >= 0.6 is 45.5 Å². The lowest BCUT2D eigenvalue weighted by Gasteiger charge is -2.11. The zero-order chi connectivity index (χ0) is 19.8. The van der Waals surface area contributed by atoms with Crippen molar-refractivity contribution in [2.24, 2.45) is 5.73 Å². The van der Waals surface area contributed by atoms with Crippen molar-refractivity contribution in [1.82, 2.24) is 4.98 Å². The van der Waals surface area contributed by atoms with E-state index in [4.69, 9.17) is 17.3 Å². The summed E-state index contributed by atoms with van der Waals surface area (Å²) in [5.41, 5.74) is 9.28. The van der Waals surface area contributed by atoms with Gasteiger partial charge >= 0.3 is 0 Å². The molecular weight excluding hydrogens is 505 g/mol. The molecule has 0 aliphatic heterocycles. The summed E-state index contributed by atoms with van der Waals surface area (Å²) in [5, 5.41) is 11.1. The van der Waals surface area contributed by atoms with Gasteiger partial charge in [-0.2, -0.15) is 5.26 Å². The summed E-state index contributed by atoms with van der Waals surface area (Å²) in [5.74, 6) is -0.528. The third-order valence-electron chi connectivity index (χ3n) is 4.34. The van der Waals surface area contributed by atoms with Gasteiger partial charge in [-0.05, 0) is 51.9 Å². The van der Waals surface area contributed by atoms with Crippen molar-refractivity contribution < 1.29 is 4.79 Å². The Balaban J connectivity index is 2.20. The van der Waals surface area contributed by atoms with Crippen LogP contribution in [0.2, 0.25) is 5.02 Å². The molecule has 0 bridgehead atoms. The van der Waals surface area contributed by atoms with Gasteiger partial charge in [-0.1, -0.05) is 41.9 Å². The van der Waals surface area contributed by atoms with Gasteiger partial charge in [-0.25, -0.2) is 4.98 Å². The van der Waals surface area contributed by atoms with E-state index in [1.54, 1.807) is 18.3 Å². The van der Waals surface area contributed by atoms with E-state index in [-0.39, 0.29) is 0 Å². The molecule has 0 unspecified atom stereocenters. The summed E-state index contributed by atoms with van der Waals surface area (Å²) in [4.78, 5) is 17.7. The van der Waals surface area contributed by atoms with E-state index in [2.05, 4.69) is 33.6 Å². The van der Waals surface area contributed by atoms with Gasteiger partial charge in [-0.15, -0.1) is 11.3 Å². The molecule has 2 aromatic heterocycles.